The highest BCUT2D eigenvalue weighted by molar-refractivity contribution is 6.31. The van der Waals surface area contributed by atoms with Crippen molar-refractivity contribution >= 4 is 11.6 Å². The van der Waals surface area contributed by atoms with Crippen LogP contribution in [0, 0.1) is 23.6 Å². The van der Waals surface area contributed by atoms with E-state index in [2.05, 4.69) is 12.2 Å². The summed E-state index contributed by atoms with van der Waals surface area (Å²) in [5.74, 6) is 2.43. The topological polar surface area (TPSA) is 12.0 Å². The van der Waals surface area contributed by atoms with E-state index in [1.54, 1.807) is 0 Å². The molecule has 3 rings (SSSR count). The Balaban J connectivity index is 1.71. The SMILES string of the molecule is CCNC(Cc1ccc(F)cc1Cl)C1C2CCCC21. The van der Waals surface area contributed by atoms with Crippen LogP contribution in [0.15, 0.2) is 18.2 Å². The van der Waals surface area contributed by atoms with Gasteiger partial charge in [0.25, 0.3) is 0 Å². The lowest BCUT2D eigenvalue weighted by molar-refractivity contribution is 0.411. The molecule has 2 aliphatic rings. The van der Waals surface area contributed by atoms with E-state index in [0.29, 0.717) is 11.1 Å². The summed E-state index contributed by atoms with van der Waals surface area (Å²) in [6.45, 7) is 3.14. The molecule has 104 valence electrons. The predicted octanol–water partition coefficient (Wildman–Crippen LogP) is 4.05. The second-order valence-corrected chi connectivity index (χ2v) is 6.35. The standard InChI is InChI=1S/C16H21ClFN/c1-2-19-15(16-12-4-3-5-13(12)16)8-10-6-7-11(18)9-14(10)17/h6-7,9,12-13,15-16,19H,2-5,8H2,1H3. The molecule has 3 unspecified atom stereocenters. The van der Waals surface area contributed by atoms with Crippen molar-refractivity contribution in [1.82, 2.24) is 5.32 Å². The van der Waals surface area contributed by atoms with Crippen molar-refractivity contribution < 1.29 is 4.39 Å². The largest absolute Gasteiger partial charge is 0.314 e. The van der Waals surface area contributed by atoms with Gasteiger partial charge in [-0.3, -0.25) is 0 Å². The second kappa shape index (κ2) is 5.41. The Hall–Kier alpha value is -0.600. The number of hydrogen-bond donors (Lipinski definition) is 1. The molecule has 1 nitrogen and oxygen atoms in total. The first-order valence-electron chi connectivity index (χ1n) is 7.38. The molecule has 3 atom stereocenters. The van der Waals surface area contributed by atoms with E-state index in [1.165, 1.54) is 31.4 Å². The van der Waals surface area contributed by atoms with Crippen LogP contribution in [0.2, 0.25) is 5.02 Å². The molecular formula is C16H21ClFN. The fourth-order valence-electron chi connectivity index (χ4n) is 4.00. The summed E-state index contributed by atoms with van der Waals surface area (Å²) < 4.78 is 13.1. The van der Waals surface area contributed by atoms with Gasteiger partial charge in [0.15, 0.2) is 0 Å². The van der Waals surface area contributed by atoms with E-state index in [1.807, 2.05) is 6.07 Å². The highest BCUT2D eigenvalue weighted by Gasteiger charge is 2.55. The average molecular weight is 282 g/mol. The van der Waals surface area contributed by atoms with Gasteiger partial charge in [-0.25, -0.2) is 4.39 Å². The van der Waals surface area contributed by atoms with E-state index < -0.39 is 0 Å². The fraction of sp³-hybridized carbons (Fsp3) is 0.625. The van der Waals surface area contributed by atoms with Crippen LogP contribution in [0.25, 0.3) is 0 Å². The summed E-state index contributed by atoms with van der Waals surface area (Å²) in [7, 11) is 0. The van der Waals surface area contributed by atoms with Gasteiger partial charge in [0.2, 0.25) is 0 Å². The Morgan fingerprint density at radius 2 is 2.11 bits per heavy atom. The Bertz CT molecular complexity index is 452. The van der Waals surface area contributed by atoms with Crippen molar-refractivity contribution in [2.45, 2.75) is 38.6 Å². The molecule has 2 aliphatic carbocycles. The first kappa shape index (κ1) is 13.4. The molecule has 0 aliphatic heterocycles. The van der Waals surface area contributed by atoms with Gasteiger partial charge < -0.3 is 5.32 Å². The quantitative estimate of drug-likeness (QED) is 0.859. The van der Waals surface area contributed by atoms with Crippen molar-refractivity contribution in [3.05, 3.63) is 34.6 Å². The predicted molar refractivity (Wildman–Crippen MR) is 76.9 cm³/mol. The van der Waals surface area contributed by atoms with Gasteiger partial charge in [0.1, 0.15) is 5.82 Å². The third-order valence-corrected chi connectivity index (χ3v) is 5.21. The van der Waals surface area contributed by atoms with Gasteiger partial charge in [-0.2, -0.15) is 0 Å². The van der Waals surface area contributed by atoms with E-state index in [0.717, 1.165) is 36.3 Å². The second-order valence-electron chi connectivity index (χ2n) is 5.94. The van der Waals surface area contributed by atoms with Crippen LogP contribution in [0.4, 0.5) is 4.39 Å². The van der Waals surface area contributed by atoms with Gasteiger partial charge in [0, 0.05) is 11.1 Å². The van der Waals surface area contributed by atoms with Crippen LogP contribution in [0.1, 0.15) is 31.7 Å². The van der Waals surface area contributed by atoms with E-state index in [-0.39, 0.29) is 5.82 Å². The Morgan fingerprint density at radius 1 is 1.37 bits per heavy atom. The van der Waals surface area contributed by atoms with E-state index >= 15 is 0 Å². The van der Waals surface area contributed by atoms with Crippen LogP contribution in [-0.2, 0) is 6.42 Å². The van der Waals surface area contributed by atoms with Gasteiger partial charge in [-0.05, 0) is 61.3 Å². The molecule has 0 amide bonds. The van der Waals surface area contributed by atoms with Crippen LogP contribution in [0.5, 0.6) is 0 Å². The van der Waals surface area contributed by atoms with Crippen LogP contribution >= 0.6 is 11.6 Å². The Labute approximate surface area is 119 Å². The average Bonchev–Trinajstić information content (AvgIpc) is 2.85. The van der Waals surface area contributed by atoms with E-state index in [9.17, 15) is 4.39 Å². The zero-order valence-corrected chi connectivity index (χ0v) is 12.1. The highest BCUT2D eigenvalue weighted by Crippen LogP contribution is 2.59. The van der Waals surface area contributed by atoms with Crippen molar-refractivity contribution in [3.63, 3.8) is 0 Å². The summed E-state index contributed by atoms with van der Waals surface area (Å²) in [6, 6.07) is 5.27. The highest BCUT2D eigenvalue weighted by atomic mass is 35.5. The lowest BCUT2D eigenvalue weighted by Crippen LogP contribution is -2.34. The molecule has 19 heavy (non-hydrogen) atoms. The first-order valence-corrected chi connectivity index (χ1v) is 7.75. The minimum Gasteiger partial charge on any atom is -0.314 e. The van der Waals surface area contributed by atoms with E-state index in [4.69, 9.17) is 11.6 Å². The van der Waals surface area contributed by atoms with Crippen molar-refractivity contribution in [1.29, 1.82) is 0 Å². The smallest absolute Gasteiger partial charge is 0.124 e. The number of hydrogen-bond acceptors (Lipinski definition) is 1. The Morgan fingerprint density at radius 3 is 2.74 bits per heavy atom. The van der Waals surface area contributed by atoms with Gasteiger partial charge in [0.05, 0.1) is 0 Å². The molecular weight excluding hydrogens is 261 g/mol. The maximum Gasteiger partial charge on any atom is 0.124 e. The minimum atomic E-state index is -0.253. The molecule has 2 fully saturated rings. The lowest BCUT2D eigenvalue weighted by atomic mass is 9.97. The van der Waals surface area contributed by atoms with Crippen LogP contribution < -0.4 is 5.32 Å². The summed E-state index contributed by atoms with van der Waals surface area (Å²) in [6.07, 6.45) is 5.12. The minimum absolute atomic E-state index is 0.253. The number of halogens is 2. The van der Waals surface area contributed by atoms with Crippen molar-refractivity contribution in [2.24, 2.45) is 17.8 Å². The molecule has 2 saturated carbocycles. The number of fused-ring (bicyclic) bond motifs is 1. The molecule has 0 bridgehead atoms. The summed E-state index contributed by atoms with van der Waals surface area (Å²) in [5, 5.41) is 4.17. The third-order valence-electron chi connectivity index (χ3n) is 4.86. The summed E-state index contributed by atoms with van der Waals surface area (Å²) >= 11 is 6.15. The molecule has 0 aromatic heterocycles. The van der Waals surface area contributed by atoms with Crippen LogP contribution in [-0.4, -0.2) is 12.6 Å². The molecule has 0 spiro atoms. The third kappa shape index (κ3) is 2.66. The number of benzene rings is 1. The number of rotatable bonds is 5. The van der Waals surface area contributed by atoms with Crippen LogP contribution in [0.3, 0.4) is 0 Å². The molecule has 0 radical (unpaired) electrons. The zero-order chi connectivity index (χ0) is 13.4. The van der Waals surface area contributed by atoms with Gasteiger partial charge in [-0.1, -0.05) is 31.0 Å². The van der Waals surface area contributed by atoms with Gasteiger partial charge in [-0.15, -0.1) is 0 Å². The molecule has 0 heterocycles. The van der Waals surface area contributed by atoms with Crippen molar-refractivity contribution in [2.75, 3.05) is 6.54 Å². The molecule has 0 saturated heterocycles. The maximum absolute atomic E-state index is 13.1. The first-order chi connectivity index (χ1) is 9.20. The maximum atomic E-state index is 13.1. The molecule has 3 heteroatoms. The monoisotopic (exact) mass is 281 g/mol. The number of nitrogens with one attached hydrogen (secondary N) is 1. The summed E-state index contributed by atoms with van der Waals surface area (Å²) in [5.41, 5.74) is 1.07. The van der Waals surface area contributed by atoms with Crippen molar-refractivity contribution in [3.8, 4) is 0 Å². The number of likely N-dealkylation sites (N-methyl/N-ethyl adjacent to an activating group) is 1. The molecule has 1 aromatic carbocycles. The Kier molecular flexibility index (Phi) is 3.81. The van der Waals surface area contributed by atoms with Gasteiger partial charge >= 0.3 is 0 Å². The fourth-order valence-corrected chi connectivity index (χ4v) is 4.25. The molecule has 1 N–H and O–H groups in total. The lowest BCUT2D eigenvalue weighted by Gasteiger charge is -2.20. The normalized spacial score (nSPS) is 30.2. The molecule has 1 aromatic rings. The zero-order valence-electron chi connectivity index (χ0n) is 11.3. The summed E-state index contributed by atoms with van der Waals surface area (Å²) in [4.78, 5) is 0.